The Labute approximate surface area is 169 Å². The number of hydrogen-bond donors (Lipinski definition) is 1. The summed E-state index contributed by atoms with van der Waals surface area (Å²) in [6, 6.07) is 16.0. The highest BCUT2D eigenvalue weighted by Crippen LogP contribution is 2.29. The first-order chi connectivity index (χ1) is 14.2. The summed E-state index contributed by atoms with van der Waals surface area (Å²) in [7, 11) is 0. The van der Waals surface area contributed by atoms with Crippen molar-refractivity contribution >= 4 is 50.7 Å². The molecule has 0 atom stereocenters. The Hall–Kier alpha value is -3.82. The lowest BCUT2D eigenvalue weighted by Crippen LogP contribution is -2.17. The van der Waals surface area contributed by atoms with Gasteiger partial charge in [0.1, 0.15) is 5.76 Å². The van der Waals surface area contributed by atoms with Crippen molar-refractivity contribution in [1.29, 1.82) is 0 Å². The highest BCUT2D eigenvalue weighted by molar-refractivity contribution is 8.18. The fourth-order valence-electron chi connectivity index (χ4n) is 3.10. The van der Waals surface area contributed by atoms with Crippen molar-refractivity contribution in [3.63, 3.8) is 0 Å². The summed E-state index contributed by atoms with van der Waals surface area (Å²) in [5.41, 5.74) is 2.14. The third kappa shape index (κ3) is 3.40. The second-order valence-corrected chi connectivity index (χ2v) is 7.43. The molecular weight excluding hydrogens is 384 g/mol. The zero-order valence-electron chi connectivity index (χ0n) is 14.9. The monoisotopic (exact) mass is 396 g/mol. The molecule has 5 nitrogen and oxygen atoms in total. The molecule has 0 unspecified atom stereocenters. The Morgan fingerprint density at radius 1 is 0.966 bits per heavy atom. The molecular formula is C23H12N2O3S. The number of nitrogens with one attached hydrogen (secondary N) is 1. The van der Waals surface area contributed by atoms with E-state index in [9.17, 15) is 9.59 Å². The molecule has 0 aliphatic carbocycles. The highest BCUT2D eigenvalue weighted by atomic mass is 32.2. The van der Waals surface area contributed by atoms with E-state index in [1.807, 2.05) is 30.3 Å². The van der Waals surface area contributed by atoms with E-state index < -0.39 is 5.91 Å². The number of furan rings is 1. The number of carbonyl (C=O) groups is 2. The number of amides is 2. The molecule has 2 amide bonds. The zero-order chi connectivity index (χ0) is 19.8. The second-order valence-electron chi connectivity index (χ2n) is 6.42. The normalized spacial score (nSPS) is 15.0. The van der Waals surface area contributed by atoms with Crippen LogP contribution in [0.2, 0.25) is 0 Å². The topological polar surface area (TPSA) is 72.2 Å². The van der Waals surface area contributed by atoms with Gasteiger partial charge in [-0.25, -0.2) is 0 Å². The van der Waals surface area contributed by atoms with Gasteiger partial charge >= 0.3 is 0 Å². The van der Waals surface area contributed by atoms with Crippen molar-refractivity contribution in [2.45, 2.75) is 0 Å². The van der Waals surface area contributed by atoms with Crippen LogP contribution in [0.1, 0.15) is 16.9 Å². The molecule has 4 aromatic rings. The molecule has 138 valence electrons. The zero-order valence-corrected chi connectivity index (χ0v) is 15.7. The van der Waals surface area contributed by atoms with Crippen LogP contribution in [0, 0.1) is 11.8 Å². The quantitative estimate of drug-likeness (QED) is 0.373. The number of fused-ring (bicyclic) bond motifs is 2. The lowest BCUT2D eigenvalue weighted by atomic mass is 10.1. The van der Waals surface area contributed by atoms with E-state index in [1.54, 1.807) is 24.5 Å². The first-order valence-electron chi connectivity index (χ1n) is 8.79. The van der Waals surface area contributed by atoms with Gasteiger partial charge in [0.2, 0.25) is 0 Å². The van der Waals surface area contributed by atoms with Crippen LogP contribution in [0.5, 0.6) is 0 Å². The summed E-state index contributed by atoms with van der Waals surface area (Å²) < 4.78 is 5.88. The molecule has 1 aliphatic heterocycles. The van der Waals surface area contributed by atoms with Crippen LogP contribution in [0.3, 0.4) is 0 Å². The molecule has 0 bridgehead atoms. The number of carbonyl (C=O) groups excluding carboxylic acids is 2. The molecule has 3 heterocycles. The van der Waals surface area contributed by atoms with E-state index >= 15 is 0 Å². The van der Waals surface area contributed by atoms with Gasteiger partial charge in [0.05, 0.1) is 10.5 Å². The van der Waals surface area contributed by atoms with E-state index in [4.69, 9.17) is 4.42 Å². The van der Waals surface area contributed by atoms with Crippen molar-refractivity contribution in [2.75, 3.05) is 0 Å². The summed E-state index contributed by atoms with van der Waals surface area (Å²) >= 11 is 0.849. The van der Waals surface area contributed by atoms with Gasteiger partial charge in [-0.2, -0.15) is 0 Å². The Bertz CT molecular complexity index is 1410. The number of imide groups is 1. The van der Waals surface area contributed by atoms with Gasteiger partial charge < -0.3 is 4.42 Å². The number of pyridine rings is 1. The summed E-state index contributed by atoms with van der Waals surface area (Å²) in [5.74, 6) is 6.33. The third-order valence-electron chi connectivity index (χ3n) is 4.45. The molecule has 1 fully saturated rings. The van der Waals surface area contributed by atoms with Crippen LogP contribution in [-0.4, -0.2) is 16.1 Å². The summed E-state index contributed by atoms with van der Waals surface area (Å²) in [6.45, 7) is 0. The molecule has 0 spiro atoms. The van der Waals surface area contributed by atoms with E-state index in [0.717, 1.165) is 33.5 Å². The molecule has 0 saturated carbocycles. The fourth-order valence-corrected chi connectivity index (χ4v) is 3.76. The number of rotatable bonds is 1. The van der Waals surface area contributed by atoms with Gasteiger partial charge in [-0.1, -0.05) is 42.2 Å². The molecule has 1 saturated heterocycles. The Morgan fingerprint density at radius 2 is 1.83 bits per heavy atom. The van der Waals surface area contributed by atoms with Crippen LogP contribution < -0.4 is 5.32 Å². The van der Waals surface area contributed by atoms with E-state index in [1.165, 1.54) is 0 Å². The molecule has 6 heteroatoms. The molecule has 2 aromatic carbocycles. The van der Waals surface area contributed by atoms with Gasteiger partial charge in [-0.15, -0.1) is 0 Å². The second kappa shape index (κ2) is 6.97. The third-order valence-corrected chi connectivity index (χ3v) is 5.26. The van der Waals surface area contributed by atoms with E-state index in [2.05, 4.69) is 34.3 Å². The van der Waals surface area contributed by atoms with Gasteiger partial charge in [-0.3, -0.25) is 19.9 Å². The minimum absolute atomic E-state index is 0.297. The fraction of sp³-hybridized carbons (Fsp3) is 0. The van der Waals surface area contributed by atoms with Gasteiger partial charge in [0.15, 0.2) is 5.58 Å². The minimum atomic E-state index is -0.421. The lowest BCUT2D eigenvalue weighted by Gasteiger charge is -1.97. The number of aromatic nitrogens is 1. The maximum atomic E-state index is 11.7. The van der Waals surface area contributed by atoms with Crippen molar-refractivity contribution in [3.8, 4) is 11.8 Å². The number of hydrogen-bond acceptors (Lipinski definition) is 5. The predicted octanol–water partition coefficient (Wildman–Crippen LogP) is 4.70. The van der Waals surface area contributed by atoms with Crippen molar-refractivity contribution in [1.82, 2.24) is 10.3 Å². The number of benzene rings is 2. The summed E-state index contributed by atoms with van der Waals surface area (Å²) in [5, 5.41) is 4.90. The molecule has 5 rings (SSSR count). The van der Waals surface area contributed by atoms with Crippen LogP contribution in [0.15, 0.2) is 70.2 Å². The first kappa shape index (κ1) is 17.3. The minimum Gasteiger partial charge on any atom is -0.455 e. The average Bonchev–Trinajstić information content (AvgIpc) is 3.28. The van der Waals surface area contributed by atoms with Crippen molar-refractivity contribution in [3.05, 3.63) is 82.7 Å². The maximum absolute atomic E-state index is 11.7. The van der Waals surface area contributed by atoms with Crippen molar-refractivity contribution in [2.24, 2.45) is 0 Å². The average molecular weight is 396 g/mol. The number of thioether (sulfide) groups is 1. The van der Waals surface area contributed by atoms with Crippen molar-refractivity contribution < 1.29 is 14.0 Å². The standard InChI is InChI=1S/C23H12N2O3S/c26-22-20(29-23(27)25-22)11-19-10-18-13-24-12-17(21(18)28-19)8-6-14-5-7-15-3-1-2-4-16(15)9-14/h1-5,7,9-13H,(H,25,26,27). The van der Waals surface area contributed by atoms with Crippen LogP contribution in [0.25, 0.3) is 27.8 Å². The molecule has 2 aromatic heterocycles. The predicted molar refractivity (Wildman–Crippen MR) is 113 cm³/mol. The maximum Gasteiger partial charge on any atom is 0.290 e. The first-order valence-corrected chi connectivity index (χ1v) is 9.61. The Morgan fingerprint density at radius 3 is 2.66 bits per heavy atom. The Kier molecular flexibility index (Phi) is 4.15. The molecule has 1 aliphatic rings. The van der Waals surface area contributed by atoms with Crippen LogP contribution in [-0.2, 0) is 4.79 Å². The molecule has 29 heavy (non-hydrogen) atoms. The number of nitrogens with zero attached hydrogens (tertiary/aromatic N) is 1. The highest BCUT2D eigenvalue weighted by Gasteiger charge is 2.25. The lowest BCUT2D eigenvalue weighted by molar-refractivity contribution is -0.115. The summed E-state index contributed by atoms with van der Waals surface area (Å²) in [6.07, 6.45) is 4.87. The van der Waals surface area contributed by atoms with Gasteiger partial charge in [0.25, 0.3) is 11.1 Å². The van der Waals surface area contributed by atoms with Gasteiger partial charge in [0, 0.05) is 29.4 Å². The largest absolute Gasteiger partial charge is 0.455 e. The molecule has 1 N–H and O–H groups in total. The Balaban J connectivity index is 1.52. The van der Waals surface area contributed by atoms with Gasteiger partial charge in [-0.05, 0) is 40.7 Å². The SMILES string of the molecule is O=C1NC(=O)C(=Cc2cc3cncc(C#Cc4ccc5ccccc5c4)c3o2)S1. The summed E-state index contributed by atoms with van der Waals surface area (Å²) in [4.78, 5) is 27.6. The smallest absolute Gasteiger partial charge is 0.290 e. The van der Waals surface area contributed by atoms with E-state index in [0.29, 0.717) is 21.8 Å². The van der Waals surface area contributed by atoms with E-state index in [-0.39, 0.29) is 5.24 Å². The molecule has 0 radical (unpaired) electrons. The van der Waals surface area contributed by atoms with Crippen LogP contribution >= 0.6 is 11.8 Å². The van der Waals surface area contributed by atoms with Crippen LogP contribution in [0.4, 0.5) is 4.79 Å².